The van der Waals surface area contributed by atoms with Crippen molar-refractivity contribution in [2.45, 2.75) is 13.5 Å². The second-order valence-corrected chi connectivity index (χ2v) is 4.48. The lowest BCUT2D eigenvalue weighted by atomic mass is 10.1. The van der Waals surface area contributed by atoms with Gasteiger partial charge in [0.15, 0.2) is 0 Å². The van der Waals surface area contributed by atoms with Crippen LogP contribution in [0, 0.1) is 6.92 Å². The fourth-order valence-corrected chi connectivity index (χ4v) is 1.56. The van der Waals surface area contributed by atoms with Crippen molar-refractivity contribution in [2.24, 2.45) is 0 Å². The third-order valence-electron chi connectivity index (χ3n) is 2.64. The van der Waals surface area contributed by atoms with Crippen LogP contribution in [0.5, 0.6) is 0 Å². The summed E-state index contributed by atoms with van der Waals surface area (Å²) in [6.45, 7) is 2.86. The van der Waals surface area contributed by atoms with Crippen molar-refractivity contribution in [2.75, 3.05) is 24.3 Å². The zero-order valence-electron chi connectivity index (χ0n) is 11.0. The molecule has 1 N–H and O–H groups in total. The van der Waals surface area contributed by atoms with Gasteiger partial charge in [-0.1, -0.05) is 29.8 Å². The highest BCUT2D eigenvalue weighted by Crippen LogP contribution is 2.10. The van der Waals surface area contributed by atoms with E-state index in [1.807, 2.05) is 25.1 Å². The summed E-state index contributed by atoms with van der Waals surface area (Å²) in [5.74, 6) is 1.55. The molecule has 1 aromatic carbocycles. The van der Waals surface area contributed by atoms with E-state index < -0.39 is 0 Å². The van der Waals surface area contributed by atoms with Gasteiger partial charge in [0.25, 0.3) is 0 Å². The van der Waals surface area contributed by atoms with E-state index in [2.05, 4.69) is 46.5 Å². The standard InChI is InChI=1S/C14H18N4/c1-11-4-6-12(7-5-11)10-16-13-8-9-15-14(17-13)18(2)3/h4-9H,10H2,1-3H3,(H,15,16,17). The fraction of sp³-hybridized carbons (Fsp3) is 0.286. The summed E-state index contributed by atoms with van der Waals surface area (Å²) < 4.78 is 0. The Bertz CT molecular complexity index is 505. The highest BCUT2D eigenvalue weighted by Gasteiger charge is 2.00. The van der Waals surface area contributed by atoms with Gasteiger partial charge in [0.1, 0.15) is 5.82 Å². The van der Waals surface area contributed by atoms with E-state index in [9.17, 15) is 0 Å². The minimum absolute atomic E-state index is 0.712. The monoisotopic (exact) mass is 242 g/mol. The van der Waals surface area contributed by atoms with Crippen molar-refractivity contribution in [1.82, 2.24) is 9.97 Å². The van der Waals surface area contributed by atoms with Crippen LogP contribution in [-0.2, 0) is 6.54 Å². The Kier molecular flexibility index (Phi) is 3.77. The van der Waals surface area contributed by atoms with Crippen LogP contribution in [0.3, 0.4) is 0 Å². The van der Waals surface area contributed by atoms with Crippen molar-refractivity contribution in [3.63, 3.8) is 0 Å². The molecule has 0 aliphatic rings. The number of nitrogens with zero attached hydrogens (tertiary/aromatic N) is 3. The maximum absolute atomic E-state index is 4.41. The maximum Gasteiger partial charge on any atom is 0.226 e. The highest BCUT2D eigenvalue weighted by atomic mass is 15.2. The van der Waals surface area contributed by atoms with Crippen LogP contribution in [0.1, 0.15) is 11.1 Å². The van der Waals surface area contributed by atoms with Gasteiger partial charge in [-0.25, -0.2) is 4.98 Å². The van der Waals surface area contributed by atoms with Gasteiger partial charge in [-0.3, -0.25) is 0 Å². The van der Waals surface area contributed by atoms with Gasteiger partial charge in [-0.05, 0) is 18.6 Å². The number of aromatic nitrogens is 2. The SMILES string of the molecule is Cc1ccc(CNc2ccnc(N(C)C)n2)cc1. The van der Waals surface area contributed by atoms with Gasteiger partial charge < -0.3 is 10.2 Å². The molecule has 0 bridgehead atoms. The molecule has 1 aromatic heterocycles. The average Bonchev–Trinajstić information content (AvgIpc) is 2.38. The van der Waals surface area contributed by atoms with Gasteiger partial charge >= 0.3 is 0 Å². The fourth-order valence-electron chi connectivity index (χ4n) is 1.56. The highest BCUT2D eigenvalue weighted by molar-refractivity contribution is 5.41. The van der Waals surface area contributed by atoms with E-state index in [-0.39, 0.29) is 0 Å². The molecule has 0 unspecified atom stereocenters. The summed E-state index contributed by atoms with van der Waals surface area (Å²) in [6, 6.07) is 10.3. The summed E-state index contributed by atoms with van der Waals surface area (Å²) in [4.78, 5) is 10.5. The van der Waals surface area contributed by atoms with Crippen LogP contribution in [-0.4, -0.2) is 24.1 Å². The molecule has 94 valence electrons. The quantitative estimate of drug-likeness (QED) is 0.894. The second kappa shape index (κ2) is 5.49. The molecule has 0 radical (unpaired) electrons. The predicted octanol–water partition coefficient (Wildman–Crippen LogP) is 2.46. The minimum atomic E-state index is 0.712. The van der Waals surface area contributed by atoms with E-state index in [1.165, 1.54) is 11.1 Å². The molecular formula is C14H18N4. The zero-order chi connectivity index (χ0) is 13.0. The summed E-state index contributed by atoms with van der Waals surface area (Å²) in [6.07, 6.45) is 1.76. The number of rotatable bonds is 4. The molecule has 2 rings (SSSR count). The molecule has 0 aliphatic carbocycles. The molecule has 4 heteroatoms. The third kappa shape index (κ3) is 3.20. The summed E-state index contributed by atoms with van der Waals surface area (Å²) in [5, 5.41) is 3.30. The number of aryl methyl sites for hydroxylation is 1. The first-order valence-corrected chi connectivity index (χ1v) is 5.95. The van der Waals surface area contributed by atoms with Gasteiger partial charge in [0.2, 0.25) is 5.95 Å². The molecule has 0 spiro atoms. The summed E-state index contributed by atoms with van der Waals surface area (Å²) >= 11 is 0. The minimum Gasteiger partial charge on any atom is -0.366 e. The molecule has 2 aromatic rings. The number of hydrogen-bond donors (Lipinski definition) is 1. The Labute approximate surface area is 108 Å². The van der Waals surface area contributed by atoms with Crippen LogP contribution in [0.4, 0.5) is 11.8 Å². The Morgan fingerprint density at radius 1 is 1.11 bits per heavy atom. The van der Waals surface area contributed by atoms with Crippen molar-refractivity contribution < 1.29 is 0 Å². The molecular weight excluding hydrogens is 224 g/mol. The van der Waals surface area contributed by atoms with Crippen molar-refractivity contribution in [3.8, 4) is 0 Å². The second-order valence-electron chi connectivity index (χ2n) is 4.48. The van der Waals surface area contributed by atoms with Gasteiger partial charge in [-0.15, -0.1) is 0 Å². The Hall–Kier alpha value is -2.10. The number of hydrogen-bond acceptors (Lipinski definition) is 4. The molecule has 0 aliphatic heterocycles. The molecule has 1 heterocycles. The molecule has 0 atom stereocenters. The van der Waals surface area contributed by atoms with Crippen molar-refractivity contribution in [3.05, 3.63) is 47.7 Å². The van der Waals surface area contributed by atoms with Gasteiger partial charge in [-0.2, -0.15) is 4.98 Å². The van der Waals surface area contributed by atoms with E-state index >= 15 is 0 Å². The zero-order valence-corrected chi connectivity index (χ0v) is 11.0. The summed E-state index contributed by atoms with van der Waals surface area (Å²) in [7, 11) is 3.86. The lowest BCUT2D eigenvalue weighted by molar-refractivity contribution is 0.987. The number of anilines is 2. The Balaban J connectivity index is 2.01. The van der Waals surface area contributed by atoms with Crippen LogP contribution < -0.4 is 10.2 Å². The first-order chi connectivity index (χ1) is 8.65. The van der Waals surface area contributed by atoms with Crippen LogP contribution in [0.15, 0.2) is 36.5 Å². The molecule has 18 heavy (non-hydrogen) atoms. The lowest BCUT2D eigenvalue weighted by Gasteiger charge is -2.11. The largest absolute Gasteiger partial charge is 0.366 e. The molecule has 0 saturated heterocycles. The Morgan fingerprint density at radius 2 is 1.83 bits per heavy atom. The van der Waals surface area contributed by atoms with Crippen LogP contribution in [0.25, 0.3) is 0 Å². The number of nitrogens with one attached hydrogen (secondary N) is 1. The van der Waals surface area contributed by atoms with Crippen molar-refractivity contribution >= 4 is 11.8 Å². The lowest BCUT2D eigenvalue weighted by Crippen LogP contribution is -2.13. The van der Waals surface area contributed by atoms with E-state index in [4.69, 9.17) is 0 Å². The summed E-state index contributed by atoms with van der Waals surface area (Å²) in [5.41, 5.74) is 2.52. The number of benzene rings is 1. The van der Waals surface area contributed by atoms with E-state index in [0.29, 0.717) is 5.95 Å². The first-order valence-electron chi connectivity index (χ1n) is 5.95. The topological polar surface area (TPSA) is 41.1 Å². The smallest absolute Gasteiger partial charge is 0.226 e. The average molecular weight is 242 g/mol. The van der Waals surface area contributed by atoms with Gasteiger partial charge in [0, 0.05) is 26.8 Å². The normalized spacial score (nSPS) is 10.2. The Morgan fingerprint density at radius 3 is 2.50 bits per heavy atom. The van der Waals surface area contributed by atoms with Crippen molar-refractivity contribution in [1.29, 1.82) is 0 Å². The predicted molar refractivity (Wildman–Crippen MR) is 74.9 cm³/mol. The van der Waals surface area contributed by atoms with Crippen LogP contribution >= 0.6 is 0 Å². The molecule has 4 nitrogen and oxygen atoms in total. The molecule has 0 amide bonds. The molecule has 0 fully saturated rings. The van der Waals surface area contributed by atoms with E-state index in [0.717, 1.165) is 12.4 Å². The molecule has 0 saturated carbocycles. The van der Waals surface area contributed by atoms with Gasteiger partial charge in [0.05, 0.1) is 0 Å². The maximum atomic E-state index is 4.41. The van der Waals surface area contributed by atoms with Crippen LogP contribution in [0.2, 0.25) is 0 Å². The van der Waals surface area contributed by atoms with E-state index in [1.54, 1.807) is 6.20 Å². The first kappa shape index (κ1) is 12.4. The third-order valence-corrected chi connectivity index (χ3v) is 2.64.